The zero-order chi connectivity index (χ0) is 43.3. The quantitative estimate of drug-likeness (QED) is 0.0473. The molecule has 2 N–H and O–H groups in total. The number of unbranched alkanes of at least 4 members (excludes halogenated alkanes) is 26. The average Bonchev–Trinajstić information content (AvgIpc) is 3.22. The molecule has 0 saturated carbocycles. The van der Waals surface area contributed by atoms with Crippen LogP contribution in [0.5, 0.6) is 0 Å². The van der Waals surface area contributed by atoms with Crippen LogP contribution in [0.2, 0.25) is 0 Å². The summed E-state index contributed by atoms with van der Waals surface area (Å²) in [7, 11) is 4.78. The fourth-order valence-electron chi connectivity index (χ4n) is 9.18. The molecule has 0 amide bonds. The van der Waals surface area contributed by atoms with Crippen molar-refractivity contribution in [3.63, 3.8) is 0 Å². The van der Waals surface area contributed by atoms with Crippen LogP contribution in [-0.4, -0.2) is 80.5 Å². The highest BCUT2D eigenvalue weighted by Crippen LogP contribution is 2.25. The van der Waals surface area contributed by atoms with Crippen LogP contribution in [0.4, 0.5) is 0 Å². The van der Waals surface area contributed by atoms with Crippen molar-refractivity contribution in [2.75, 3.05) is 53.6 Å². The number of nitrogens with zero attached hydrogens (tertiary/aromatic N) is 1. The Kier molecular flexibility index (Phi) is 45.7. The van der Waals surface area contributed by atoms with Gasteiger partial charge in [-0.1, -0.05) is 207 Å². The first-order valence-electron chi connectivity index (χ1n) is 27.1. The second kappa shape index (κ2) is 45.8. The van der Waals surface area contributed by atoms with Gasteiger partial charge in [0.25, 0.3) is 0 Å². The SMILES string of the molecule is CCCCCCCCCCCCCCC(O)C(CCC[N+](C)(C)CCCC(CCOCCCCC)C(O)CCCCCCCCCCCCCC)CCOCCCCC. The maximum Gasteiger partial charge on any atom is 0.0782 e. The molecule has 356 valence electrons. The Labute approximate surface area is 372 Å². The van der Waals surface area contributed by atoms with Gasteiger partial charge in [0.15, 0.2) is 0 Å². The monoisotopic (exact) mass is 839 g/mol. The Bertz CT molecular complexity index is 730. The minimum absolute atomic E-state index is 0.204. The number of aliphatic hydroxyl groups is 2. The van der Waals surface area contributed by atoms with E-state index in [1.807, 2.05) is 0 Å². The van der Waals surface area contributed by atoms with Gasteiger partial charge in [-0.05, 0) is 76.0 Å². The second-order valence-corrected chi connectivity index (χ2v) is 19.9. The number of aliphatic hydroxyl groups excluding tert-OH is 2. The van der Waals surface area contributed by atoms with Crippen molar-refractivity contribution in [3.05, 3.63) is 0 Å². The van der Waals surface area contributed by atoms with Gasteiger partial charge in [0.1, 0.15) is 0 Å². The molecule has 0 fully saturated rings. The molecule has 0 aliphatic rings. The molecule has 0 aliphatic carbocycles. The Morgan fingerprint density at radius 1 is 0.305 bits per heavy atom. The largest absolute Gasteiger partial charge is 0.393 e. The summed E-state index contributed by atoms with van der Waals surface area (Å²) in [5.41, 5.74) is 0. The summed E-state index contributed by atoms with van der Waals surface area (Å²) in [4.78, 5) is 0. The van der Waals surface area contributed by atoms with Crippen LogP contribution < -0.4 is 0 Å². The van der Waals surface area contributed by atoms with Crippen molar-refractivity contribution in [1.82, 2.24) is 0 Å². The maximum atomic E-state index is 11.4. The lowest BCUT2D eigenvalue weighted by atomic mass is 9.89. The summed E-state index contributed by atoms with van der Waals surface area (Å²) in [6.07, 6.45) is 47.8. The third-order valence-corrected chi connectivity index (χ3v) is 13.5. The van der Waals surface area contributed by atoms with Crippen LogP contribution in [0.1, 0.15) is 272 Å². The van der Waals surface area contributed by atoms with E-state index < -0.39 is 0 Å². The standard InChI is InChI=1S/C54H112NO4/c1-7-11-15-17-19-21-23-25-27-29-31-33-41-53(56)51(43-49-58-47-35-13-9-3)39-37-45-55(5,6)46-38-40-52(44-50-59-48-36-14-10-4)54(57)42-34-32-30-28-26-24-22-20-18-16-12-8-2/h51-54,56-57H,7-50H2,1-6H3/q+1. The fourth-order valence-corrected chi connectivity index (χ4v) is 9.18. The van der Waals surface area contributed by atoms with Gasteiger partial charge in [0, 0.05) is 26.4 Å². The molecule has 0 radical (unpaired) electrons. The normalized spacial score (nSPS) is 14.2. The lowest BCUT2D eigenvalue weighted by Crippen LogP contribution is -2.42. The Morgan fingerprint density at radius 2 is 0.576 bits per heavy atom. The molecule has 0 aromatic rings. The lowest BCUT2D eigenvalue weighted by molar-refractivity contribution is -0.890. The summed E-state index contributed by atoms with van der Waals surface area (Å²) in [5.74, 6) is 0.678. The van der Waals surface area contributed by atoms with Gasteiger partial charge in [0.2, 0.25) is 0 Å². The van der Waals surface area contributed by atoms with E-state index >= 15 is 0 Å². The summed E-state index contributed by atoms with van der Waals surface area (Å²) in [6.45, 7) is 14.7. The van der Waals surface area contributed by atoms with Crippen molar-refractivity contribution in [2.45, 2.75) is 284 Å². The minimum atomic E-state index is -0.204. The van der Waals surface area contributed by atoms with Crippen LogP contribution in [-0.2, 0) is 9.47 Å². The van der Waals surface area contributed by atoms with Crippen LogP contribution in [0.15, 0.2) is 0 Å². The first-order chi connectivity index (χ1) is 28.8. The van der Waals surface area contributed by atoms with Gasteiger partial charge in [-0.2, -0.15) is 0 Å². The van der Waals surface area contributed by atoms with E-state index in [-0.39, 0.29) is 12.2 Å². The minimum Gasteiger partial charge on any atom is -0.393 e. The van der Waals surface area contributed by atoms with E-state index in [9.17, 15) is 10.2 Å². The molecular formula is C54H112NO4+. The van der Waals surface area contributed by atoms with Gasteiger partial charge in [-0.15, -0.1) is 0 Å². The van der Waals surface area contributed by atoms with E-state index in [1.165, 1.54) is 167 Å². The highest BCUT2D eigenvalue weighted by atomic mass is 16.5. The highest BCUT2D eigenvalue weighted by molar-refractivity contribution is 4.72. The lowest BCUT2D eigenvalue weighted by Gasteiger charge is -2.32. The zero-order valence-electron chi connectivity index (χ0n) is 41.6. The topological polar surface area (TPSA) is 58.9 Å². The van der Waals surface area contributed by atoms with Crippen LogP contribution in [0.3, 0.4) is 0 Å². The van der Waals surface area contributed by atoms with Gasteiger partial charge in [-0.3, -0.25) is 0 Å². The fraction of sp³-hybridized carbons (Fsp3) is 1.00. The number of quaternary nitrogens is 1. The van der Waals surface area contributed by atoms with Crippen LogP contribution in [0.25, 0.3) is 0 Å². The van der Waals surface area contributed by atoms with E-state index in [0.717, 1.165) is 121 Å². The number of rotatable bonds is 50. The first kappa shape index (κ1) is 58.8. The molecule has 0 aliphatic heterocycles. The molecule has 4 unspecified atom stereocenters. The van der Waals surface area contributed by atoms with E-state index in [0.29, 0.717) is 11.8 Å². The molecule has 0 bridgehead atoms. The van der Waals surface area contributed by atoms with Crippen molar-refractivity contribution in [1.29, 1.82) is 0 Å². The number of hydrogen-bond acceptors (Lipinski definition) is 4. The molecule has 0 saturated heterocycles. The first-order valence-corrected chi connectivity index (χ1v) is 27.1. The summed E-state index contributed by atoms with van der Waals surface area (Å²) in [5, 5.41) is 22.8. The van der Waals surface area contributed by atoms with Crippen molar-refractivity contribution in [3.8, 4) is 0 Å². The third-order valence-electron chi connectivity index (χ3n) is 13.5. The highest BCUT2D eigenvalue weighted by Gasteiger charge is 2.24. The average molecular weight is 839 g/mol. The van der Waals surface area contributed by atoms with Crippen molar-refractivity contribution >= 4 is 0 Å². The van der Waals surface area contributed by atoms with E-state index in [1.54, 1.807) is 0 Å². The molecule has 0 aromatic heterocycles. The molecule has 0 heterocycles. The molecule has 0 rings (SSSR count). The summed E-state index contributed by atoms with van der Waals surface area (Å²) >= 11 is 0. The van der Waals surface area contributed by atoms with Gasteiger partial charge in [-0.25, -0.2) is 0 Å². The molecule has 5 heteroatoms. The molecule has 5 nitrogen and oxygen atoms in total. The van der Waals surface area contributed by atoms with Crippen molar-refractivity contribution in [2.24, 2.45) is 11.8 Å². The van der Waals surface area contributed by atoms with Gasteiger partial charge in [0.05, 0.1) is 39.4 Å². The summed E-state index contributed by atoms with van der Waals surface area (Å²) in [6, 6.07) is 0. The predicted molar refractivity (Wildman–Crippen MR) is 261 cm³/mol. The van der Waals surface area contributed by atoms with E-state index in [4.69, 9.17) is 9.47 Å². The third kappa shape index (κ3) is 41.6. The Hall–Kier alpha value is -0.200. The molecular weight excluding hydrogens is 727 g/mol. The molecule has 4 atom stereocenters. The Balaban J connectivity index is 4.72. The van der Waals surface area contributed by atoms with E-state index in [2.05, 4.69) is 41.8 Å². The maximum absolute atomic E-state index is 11.4. The summed E-state index contributed by atoms with van der Waals surface area (Å²) < 4.78 is 13.1. The molecule has 0 aromatic carbocycles. The molecule has 59 heavy (non-hydrogen) atoms. The molecule has 0 spiro atoms. The Morgan fingerprint density at radius 3 is 0.881 bits per heavy atom. The zero-order valence-corrected chi connectivity index (χ0v) is 41.6. The predicted octanol–water partition coefficient (Wildman–Crippen LogP) is 16.0. The van der Waals surface area contributed by atoms with Crippen molar-refractivity contribution < 1.29 is 24.2 Å². The van der Waals surface area contributed by atoms with Crippen LogP contribution in [0, 0.1) is 11.8 Å². The van der Waals surface area contributed by atoms with Gasteiger partial charge < -0.3 is 24.2 Å². The van der Waals surface area contributed by atoms with Gasteiger partial charge >= 0.3 is 0 Å². The number of ether oxygens (including phenoxy) is 2. The second-order valence-electron chi connectivity index (χ2n) is 19.9. The number of hydrogen-bond donors (Lipinski definition) is 2. The van der Waals surface area contributed by atoms with Crippen LogP contribution >= 0.6 is 0 Å². The smallest absolute Gasteiger partial charge is 0.0782 e.